The summed E-state index contributed by atoms with van der Waals surface area (Å²) in [4.78, 5) is 0. The summed E-state index contributed by atoms with van der Waals surface area (Å²) in [6.07, 6.45) is 0. The number of hydrogen-bond acceptors (Lipinski definition) is 2. The molecule has 1 atom stereocenters. The third kappa shape index (κ3) is 3.92. The monoisotopic (exact) mass is 207 g/mol. The van der Waals surface area contributed by atoms with Crippen molar-refractivity contribution in [1.82, 2.24) is 5.32 Å². The Hall–Kier alpha value is -1.02. The second kappa shape index (κ2) is 5.76. The smallest absolute Gasteiger partial charge is 0.118 e. The van der Waals surface area contributed by atoms with Crippen LogP contribution in [0.1, 0.15) is 32.4 Å². The molecule has 0 amide bonds. The minimum Gasteiger partial charge on any atom is -0.497 e. The Balaban J connectivity index is 2.54. The van der Waals surface area contributed by atoms with Crippen molar-refractivity contribution in [2.75, 3.05) is 13.7 Å². The first kappa shape index (κ1) is 12.1. The highest BCUT2D eigenvalue weighted by molar-refractivity contribution is 5.28. The van der Waals surface area contributed by atoms with Crippen LogP contribution in [0.3, 0.4) is 0 Å². The lowest BCUT2D eigenvalue weighted by Crippen LogP contribution is -2.23. The first-order valence-electron chi connectivity index (χ1n) is 5.50. The van der Waals surface area contributed by atoms with Crippen LogP contribution in [0, 0.1) is 5.92 Å². The van der Waals surface area contributed by atoms with Crippen molar-refractivity contribution in [2.45, 2.75) is 26.8 Å². The molecule has 15 heavy (non-hydrogen) atoms. The number of hydrogen-bond donors (Lipinski definition) is 1. The maximum atomic E-state index is 5.13. The fourth-order valence-corrected chi connectivity index (χ4v) is 1.42. The molecule has 0 heterocycles. The molecular formula is C13H21NO. The van der Waals surface area contributed by atoms with Gasteiger partial charge in [-0.3, -0.25) is 0 Å². The van der Waals surface area contributed by atoms with Gasteiger partial charge in [-0.1, -0.05) is 26.0 Å². The van der Waals surface area contributed by atoms with Crippen molar-refractivity contribution in [1.29, 1.82) is 0 Å². The molecular weight excluding hydrogens is 186 g/mol. The molecule has 1 N–H and O–H groups in total. The number of nitrogens with one attached hydrogen (secondary N) is 1. The zero-order valence-corrected chi connectivity index (χ0v) is 10.1. The summed E-state index contributed by atoms with van der Waals surface area (Å²) in [7, 11) is 1.69. The third-order valence-electron chi connectivity index (χ3n) is 2.45. The van der Waals surface area contributed by atoms with E-state index in [2.05, 4.69) is 38.2 Å². The fraction of sp³-hybridized carbons (Fsp3) is 0.538. The molecule has 0 aromatic heterocycles. The number of rotatable bonds is 5. The van der Waals surface area contributed by atoms with Gasteiger partial charge in [0.15, 0.2) is 0 Å². The Labute approximate surface area is 92.6 Å². The third-order valence-corrected chi connectivity index (χ3v) is 2.45. The van der Waals surface area contributed by atoms with E-state index in [0.717, 1.165) is 12.3 Å². The molecule has 2 nitrogen and oxygen atoms in total. The van der Waals surface area contributed by atoms with E-state index in [1.54, 1.807) is 7.11 Å². The molecule has 0 saturated heterocycles. The van der Waals surface area contributed by atoms with Crippen LogP contribution < -0.4 is 10.1 Å². The molecule has 0 fully saturated rings. The van der Waals surface area contributed by atoms with E-state index < -0.39 is 0 Å². The summed E-state index contributed by atoms with van der Waals surface area (Å²) in [5.74, 6) is 1.60. The lowest BCUT2D eigenvalue weighted by atomic mass is 10.1. The molecule has 1 rings (SSSR count). The highest BCUT2D eigenvalue weighted by Crippen LogP contribution is 2.17. The van der Waals surface area contributed by atoms with Crippen LogP contribution in [0.4, 0.5) is 0 Å². The lowest BCUT2D eigenvalue weighted by Gasteiger charge is -2.16. The normalized spacial score (nSPS) is 12.9. The summed E-state index contributed by atoms with van der Waals surface area (Å²) >= 11 is 0. The Morgan fingerprint density at radius 1 is 1.13 bits per heavy atom. The minimum absolute atomic E-state index is 0.401. The van der Waals surface area contributed by atoms with Crippen LogP contribution in [0.15, 0.2) is 24.3 Å². The molecule has 0 aliphatic rings. The van der Waals surface area contributed by atoms with Gasteiger partial charge in [0, 0.05) is 6.04 Å². The van der Waals surface area contributed by atoms with Crippen molar-refractivity contribution in [3.8, 4) is 5.75 Å². The van der Waals surface area contributed by atoms with Gasteiger partial charge in [-0.2, -0.15) is 0 Å². The second-order valence-corrected chi connectivity index (χ2v) is 4.30. The average Bonchev–Trinajstić information content (AvgIpc) is 2.26. The highest BCUT2D eigenvalue weighted by atomic mass is 16.5. The van der Waals surface area contributed by atoms with Crippen LogP contribution in [0.5, 0.6) is 5.75 Å². The summed E-state index contributed by atoms with van der Waals surface area (Å²) < 4.78 is 5.13. The zero-order chi connectivity index (χ0) is 11.3. The standard InChI is InChI=1S/C13H21NO/c1-10(2)9-14-11(3)12-5-7-13(15-4)8-6-12/h5-8,10-11,14H,9H2,1-4H3/t11-/m0/s1. The van der Waals surface area contributed by atoms with E-state index in [9.17, 15) is 0 Å². The van der Waals surface area contributed by atoms with Crippen LogP contribution in [-0.4, -0.2) is 13.7 Å². The van der Waals surface area contributed by atoms with Crippen molar-refractivity contribution >= 4 is 0 Å². The largest absolute Gasteiger partial charge is 0.497 e. The van der Waals surface area contributed by atoms with E-state index in [1.165, 1.54) is 5.56 Å². The van der Waals surface area contributed by atoms with Crippen molar-refractivity contribution in [3.05, 3.63) is 29.8 Å². The van der Waals surface area contributed by atoms with Crippen molar-refractivity contribution < 1.29 is 4.74 Å². The highest BCUT2D eigenvalue weighted by Gasteiger charge is 2.05. The lowest BCUT2D eigenvalue weighted by molar-refractivity contribution is 0.414. The molecule has 1 aromatic carbocycles. The molecule has 84 valence electrons. The van der Waals surface area contributed by atoms with Crippen LogP contribution in [0.2, 0.25) is 0 Å². The van der Waals surface area contributed by atoms with Crippen LogP contribution >= 0.6 is 0 Å². The first-order valence-corrected chi connectivity index (χ1v) is 5.50. The Bertz CT molecular complexity index is 279. The van der Waals surface area contributed by atoms with Crippen LogP contribution in [-0.2, 0) is 0 Å². The zero-order valence-electron chi connectivity index (χ0n) is 10.1. The minimum atomic E-state index is 0.401. The topological polar surface area (TPSA) is 21.3 Å². The maximum absolute atomic E-state index is 5.13. The molecule has 0 unspecified atom stereocenters. The van der Waals surface area contributed by atoms with Gasteiger partial charge in [0.2, 0.25) is 0 Å². The number of methoxy groups -OCH3 is 1. The van der Waals surface area contributed by atoms with Gasteiger partial charge in [-0.15, -0.1) is 0 Å². The van der Waals surface area contributed by atoms with Crippen molar-refractivity contribution in [2.24, 2.45) is 5.92 Å². The van der Waals surface area contributed by atoms with Gasteiger partial charge < -0.3 is 10.1 Å². The van der Waals surface area contributed by atoms with E-state index in [-0.39, 0.29) is 0 Å². The van der Waals surface area contributed by atoms with E-state index in [0.29, 0.717) is 12.0 Å². The molecule has 0 radical (unpaired) electrons. The molecule has 0 bridgehead atoms. The predicted molar refractivity (Wildman–Crippen MR) is 64.2 cm³/mol. The molecule has 2 heteroatoms. The van der Waals surface area contributed by atoms with Gasteiger partial charge >= 0.3 is 0 Å². The maximum Gasteiger partial charge on any atom is 0.118 e. The van der Waals surface area contributed by atoms with Crippen LogP contribution in [0.25, 0.3) is 0 Å². The second-order valence-electron chi connectivity index (χ2n) is 4.30. The van der Waals surface area contributed by atoms with Gasteiger partial charge in [0.05, 0.1) is 7.11 Å². The first-order chi connectivity index (χ1) is 7.13. The fourth-order valence-electron chi connectivity index (χ4n) is 1.42. The molecule has 0 aliphatic carbocycles. The molecule has 0 aliphatic heterocycles. The van der Waals surface area contributed by atoms with Crippen molar-refractivity contribution in [3.63, 3.8) is 0 Å². The average molecular weight is 207 g/mol. The Kier molecular flexibility index (Phi) is 4.63. The molecule has 0 spiro atoms. The summed E-state index contributed by atoms with van der Waals surface area (Å²) in [6.45, 7) is 7.67. The van der Waals surface area contributed by atoms with E-state index in [1.807, 2.05) is 12.1 Å². The Morgan fingerprint density at radius 3 is 2.20 bits per heavy atom. The SMILES string of the molecule is COc1ccc([C@H](C)NCC(C)C)cc1. The summed E-state index contributed by atoms with van der Waals surface area (Å²) in [5.41, 5.74) is 1.30. The summed E-state index contributed by atoms with van der Waals surface area (Å²) in [6, 6.07) is 8.62. The number of benzene rings is 1. The molecule has 0 saturated carbocycles. The van der Waals surface area contributed by atoms with Gasteiger partial charge in [-0.25, -0.2) is 0 Å². The number of ether oxygens (including phenoxy) is 1. The predicted octanol–water partition coefficient (Wildman–Crippen LogP) is 3.00. The van der Waals surface area contributed by atoms with Gasteiger partial charge in [0.1, 0.15) is 5.75 Å². The summed E-state index contributed by atoms with van der Waals surface area (Å²) in [5, 5.41) is 3.49. The van der Waals surface area contributed by atoms with E-state index >= 15 is 0 Å². The quantitative estimate of drug-likeness (QED) is 0.801. The van der Waals surface area contributed by atoms with E-state index in [4.69, 9.17) is 4.74 Å². The van der Waals surface area contributed by atoms with Gasteiger partial charge in [-0.05, 0) is 37.1 Å². The van der Waals surface area contributed by atoms with Gasteiger partial charge in [0.25, 0.3) is 0 Å². The Morgan fingerprint density at radius 2 is 1.73 bits per heavy atom. The molecule has 1 aromatic rings.